The van der Waals surface area contributed by atoms with Gasteiger partial charge in [-0.3, -0.25) is 4.79 Å². The van der Waals surface area contributed by atoms with Gasteiger partial charge < -0.3 is 22.1 Å². The van der Waals surface area contributed by atoms with Gasteiger partial charge >= 0.3 is 6.03 Å². The van der Waals surface area contributed by atoms with Gasteiger partial charge in [-0.05, 0) is 37.6 Å². The molecule has 0 radical (unpaired) electrons. The molecule has 1 unspecified atom stereocenters. The van der Waals surface area contributed by atoms with Crippen LogP contribution < -0.4 is 22.1 Å². The highest BCUT2D eigenvalue weighted by molar-refractivity contribution is 5.98. The molecule has 0 heterocycles. The third-order valence-corrected chi connectivity index (χ3v) is 2.70. The van der Waals surface area contributed by atoms with Gasteiger partial charge in [-0.25, -0.2) is 4.79 Å². The smallest absolute Gasteiger partial charge is 0.316 e. The standard InChI is InChI=1S/C13H20N4O2.ClH/c1-3-8-13(2,15)11(18)16-9-4-6-10(7-5-9)17-12(14)19;/h4-7H,3,8,15H2,1-2H3,(H,16,18)(H3,14,17,19);1H. The first-order chi connectivity index (χ1) is 8.85. The number of nitrogens with one attached hydrogen (secondary N) is 2. The molecule has 0 aliphatic heterocycles. The number of hydrogen-bond acceptors (Lipinski definition) is 3. The highest BCUT2D eigenvalue weighted by atomic mass is 35.5. The van der Waals surface area contributed by atoms with E-state index >= 15 is 0 Å². The fraction of sp³-hybridized carbons (Fsp3) is 0.385. The Morgan fingerprint density at radius 2 is 1.60 bits per heavy atom. The van der Waals surface area contributed by atoms with Crippen LogP contribution in [0.25, 0.3) is 0 Å². The fourth-order valence-electron chi connectivity index (χ4n) is 1.69. The zero-order valence-electron chi connectivity index (χ0n) is 11.6. The topological polar surface area (TPSA) is 110 Å². The number of urea groups is 1. The van der Waals surface area contributed by atoms with E-state index < -0.39 is 11.6 Å². The molecule has 0 saturated heterocycles. The summed E-state index contributed by atoms with van der Waals surface area (Å²) in [4.78, 5) is 22.6. The zero-order valence-corrected chi connectivity index (χ0v) is 12.4. The van der Waals surface area contributed by atoms with E-state index in [0.29, 0.717) is 17.8 Å². The van der Waals surface area contributed by atoms with Crippen molar-refractivity contribution in [3.8, 4) is 0 Å². The lowest BCUT2D eigenvalue weighted by molar-refractivity contribution is -0.120. The number of primary amides is 1. The molecule has 6 nitrogen and oxygen atoms in total. The molecule has 112 valence electrons. The second-order valence-electron chi connectivity index (χ2n) is 4.69. The highest BCUT2D eigenvalue weighted by Gasteiger charge is 2.26. The lowest BCUT2D eigenvalue weighted by atomic mass is 9.96. The molecule has 0 aliphatic rings. The summed E-state index contributed by atoms with van der Waals surface area (Å²) < 4.78 is 0. The maximum absolute atomic E-state index is 12.0. The average molecular weight is 301 g/mol. The minimum atomic E-state index is -0.890. The van der Waals surface area contributed by atoms with E-state index in [4.69, 9.17) is 11.5 Å². The van der Waals surface area contributed by atoms with Crippen molar-refractivity contribution in [2.75, 3.05) is 10.6 Å². The maximum Gasteiger partial charge on any atom is 0.316 e. The average Bonchev–Trinajstić information content (AvgIpc) is 2.30. The summed E-state index contributed by atoms with van der Waals surface area (Å²) in [6, 6.07) is 6.01. The molecule has 0 aromatic heterocycles. The van der Waals surface area contributed by atoms with Crippen molar-refractivity contribution < 1.29 is 9.59 Å². The fourth-order valence-corrected chi connectivity index (χ4v) is 1.69. The van der Waals surface area contributed by atoms with Gasteiger partial charge in [0.2, 0.25) is 5.91 Å². The Hall–Kier alpha value is -1.79. The number of hydrogen-bond donors (Lipinski definition) is 4. The minimum absolute atomic E-state index is 0. The molecular weight excluding hydrogens is 280 g/mol. The van der Waals surface area contributed by atoms with Crippen LogP contribution >= 0.6 is 12.4 Å². The summed E-state index contributed by atoms with van der Waals surface area (Å²) in [5.74, 6) is -0.232. The first-order valence-corrected chi connectivity index (χ1v) is 6.12. The van der Waals surface area contributed by atoms with Gasteiger partial charge in [0.15, 0.2) is 0 Å². The summed E-state index contributed by atoms with van der Waals surface area (Å²) in [5.41, 5.74) is 11.2. The summed E-state index contributed by atoms with van der Waals surface area (Å²) in [5, 5.41) is 5.18. The quantitative estimate of drug-likeness (QED) is 0.668. The normalized spacial score (nSPS) is 12.8. The molecule has 0 fully saturated rings. The molecule has 1 aromatic carbocycles. The van der Waals surface area contributed by atoms with Crippen LogP contribution in [-0.4, -0.2) is 17.5 Å². The largest absolute Gasteiger partial charge is 0.351 e. The Morgan fingerprint density at radius 3 is 2.00 bits per heavy atom. The Bertz CT molecular complexity index is 460. The van der Waals surface area contributed by atoms with E-state index in [-0.39, 0.29) is 18.3 Å². The van der Waals surface area contributed by atoms with Gasteiger partial charge in [-0.1, -0.05) is 13.3 Å². The number of carbonyl (C=O) groups is 2. The van der Waals surface area contributed by atoms with E-state index in [2.05, 4.69) is 10.6 Å². The number of halogens is 1. The van der Waals surface area contributed by atoms with Crippen LogP contribution in [0.3, 0.4) is 0 Å². The molecule has 1 aromatic rings. The van der Waals surface area contributed by atoms with Gasteiger partial charge in [-0.2, -0.15) is 0 Å². The summed E-state index contributed by atoms with van der Waals surface area (Å²) in [7, 11) is 0. The third kappa shape index (κ3) is 5.46. The number of nitrogens with two attached hydrogens (primary N) is 2. The lowest BCUT2D eigenvalue weighted by Gasteiger charge is -2.22. The van der Waals surface area contributed by atoms with E-state index in [0.717, 1.165) is 6.42 Å². The van der Waals surface area contributed by atoms with Crippen molar-refractivity contribution in [1.82, 2.24) is 0 Å². The first-order valence-electron chi connectivity index (χ1n) is 6.12. The van der Waals surface area contributed by atoms with Crippen LogP contribution in [0, 0.1) is 0 Å². The predicted octanol–water partition coefficient (Wildman–Crippen LogP) is 2.06. The Balaban J connectivity index is 0.00000361. The lowest BCUT2D eigenvalue weighted by Crippen LogP contribution is -2.48. The second kappa shape index (κ2) is 7.72. The van der Waals surface area contributed by atoms with Crippen LogP contribution in [0.1, 0.15) is 26.7 Å². The summed E-state index contributed by atoms with van der Waals surface area (Å²) >= 11 is 0. The molecule has 6 N–H and O–H groups in total. The number of benzene rings is 1. The van der Waals surface area contributed by atoms with Gasteiger partial charge in [0.05, 0.1) is 5.54 Å². The van der Waals surface area contributed by atoms with Gasteiger partial charge in [-0.15, -0.1) is 12.4 Å². The van der Waals surface area contributed by atoms with E-state index in [1.165, 1.54) is 0 Å². The Morgan fingerprint density at radius 1 is 1.15 bits per heavy atom. The van der Waals surface area contributed by atoms with Crippen LogP contribution in [0.5, 0.6) is 0 Å². The molecule has 0 saturated carbocycles. The van der Waals surface area contributed by atoms with Crippen molar-refractivity contribution in [2.45, 2.75) is 32.2 Å². The number of rotatable bonds is 5. The molecular formula is C13H21ClN4O2. The highest BCUT2D eigenvalue weighted by Crippen LogP contribution is 2.16. The first kappa shape index (κ1) is 18.2. The molecule has 1 atom stereocenters. The van der Waals surface area contributed by atoms with Crippen LogP contribution in [0.2, 0.25) is 0 Å². The van der Waals surface area contributed by atoms with Crippen molar-refractivity contribution >= 4 is 35.7 Å². The van der Waals surface area contributed by atoms with Crippen molar-refractivity contribution in [1.29, 1.82) is 0 Å². The van der Waals surface area contributed by atoms with Crippen LogP contribution in [0.15, 0.2) is 24.3 Å². The van der Waals surface area contributed by atoms with Gasteiger partial charge in [0.25, 0.3) is 0 Å². The van der Waals surface area contributed by atoms with Gasteiger partial charge in [0.1, 0.15) is 0 Å². The Labute approximate surface area is 124 Å². The predicted molar refractivity (Wildman–Crippen MR) is 83.0 cm³/mol. The summed E-state index contributed by atoms with van der Waals surface area (Å²) in [6.45, 7) is 3.68. The Kier molecular flexibility index (Phi) is 7.02. The maximum atomic E-state index is 12.0. The van der Waals surface area contributed by atoms with Crippen LogP contribution in [-0.2, 0) is 4.79 Å². The molecule has 1 rings (SSSR count). The van der Waals surface area contributed by atoms with E-state index in [1.54, 1.807) is 31.2 Å². The van der Waals surface area contributed by atoms with Crippen molar-refractivity contribution in [2.24, 2.45) is 11.5 Å². The molecule has 0 spiro atoms. The van der Waals surface area contributed by atoms with Crippen molar-refractivity contribution in [3.05, 3.63) is 24.3 Å². The molecule has 20 heavy (non-hydrogen) atoms. The second-order valence-corrected chi connectivity index (χ2v) is 4.69. The SMILES string of the molecule is CCCC(C)(N)C(=O)Nc1ccc(NC(N)=O)cc1.Cl. The van der Waals surface area contributed by atoms with Gasteiger partial charge in [0, 0.05) is 11.4 Å². The number of carbonyl (C=O) groups excluding carboxylic acids is 2. The number of amides is 3. The molecule has 0 bridgehead atoms. The monoisotopic (exact) mass is 300 g/mol. The molecule has 0 aliphatic carbocycles. The van der Waals surface area contributed by atoms with E-state index in [9.17, 15) is 9.59 Å². The number of anilines is 2. The van der Waals surface area contributed by atoms with E-state index in [1.807, 2.05) is 6.92 Å². The minimum Gasteiger partial charge on any atom is -0.351 e. The molecule has 7 heteroatoms. The summed E-state index contributed by atoms with van der Waals surface area (Å²) in [6.07, 6.45) is 1.45. The zero-order chi connectivity index (χ0) is 14.5. The molecule has 3 amide bonds. The third-order valence-electron chi connectivity index (χ3n) is 2.70. The van der Waals surface area contributed by atoms with Crippen LogP contribution in [0.4, 0.5) is 16.2 Å². The van der Waals surface area contributed by atoms with Crippen molar-refractivity contribution in [3.63, 3.8) is 0 Å².